The zero-order valence-corrected chi connectivity index (χ0v) is 11.9. The van der Waals surface area contributed by atoms with E-state index in [1.165, 1.54) is 43.2 Å². The molecule has 0 spiro atoms. The molecule has 0 unspecified atom stereocenters. The van der Waals surface area contributed by atoms with Gasteiger partial charge in [-0.1, -0.05) is 31.4 Å². The Hall–Kier alpha value is -1.02. The molecule has 100 valence electrons. The molecule has 0 radical (unpaired) electrons. The zero-order chi connectivity index (χ0) is 13.1. The fourth-order valence-corrected chi connectivity index (χ4v) is 3.07. The van der Waals surface area contributed by atoms with Crippen LogP contribution in [0, 0.1) is 6.92 Å². The standard InChI is InChI=1S/C16H25NO/c1-12-9-13(11-17(2)3)10-15(16(12)18)14-7-5-4-6-8-14/h9-10,14,18H,4-8,11H2,1-3H3. The van der Waals surface area contributed by atoms with Crippen LogP contribution in [0.1, 0.15) is 54.7 Å². The van der Waals surface area contributed by atoms with Gasteiger partial charge in [0.1, 0.15) is 5.75 Å². The van der Waals surface area contributed by atoms with E-state index in [9.17, 15) is 5.11 Å². The highest BCUT2D eigenvalue weighted by atomic mass is 16.3. The van der Waals surface area contributed by atoms with Gasteiger partial charge in [-0.05, 0) is 56.5 Å². The van der Waals surface area contributed by atoms with Gasteiger partial charge in [0.05, 0.1) is 0 Å². The highest BCUT2D eigenvalue weighted by molar-refractivity contribution is 5.45. The topological polar surface area (TPSA) is 23.5 Å². The molecule has 0 aliphatic heterocycles. The minimum atomic E-state index is 0.532. The van der Waals surface area contributed by atoms with Crippen molar-refractivity contribution in [2.45, 2.75) is 51.5 Å². The van der Waals surface area contributed by atoms with Gasteiger partial charge in [-0.25, -0.2) is 0 Å². The number of hydrogen-bond acceptors (Lipinski definition) is 2. The molecule has 0 saturated heterocycles. The second-order valence-corrected chi connectivity index (χ2v) is 5.92. The Morgan fingerprint density at radius 1 is 1.17 bits per heavy atom. The average Bonchev–Trinajstić information content (AvgIpc) is 2.34. The van der Waals surface area contributed by atoms with Crippen molar-refractivity contribution in [1.82, 2.24) is 4.90 Å². The van der Waals surface area contributed by atoms with Gasteiger partial charge < -0.3 is 10.0 Å². The third-order valence-electron chi connectivity index (χ3n) is 3.93. The van der Waals surface area contributed by atoms with Crippen LogP contribution in [0.2, 0.25) is 0 Å². The Morgan fingerprint density at radius 3 is 2.44 bits per heavy atom. The lowest BCUT2D eigenvalue weighted by Gasteiger charge is -2.24. The highest BCUT2D eigenvalue weighted by Crippen LogP contribution is 2.39. The van der Waals surface area contributed by atoms with Gasteiger partial charge in [0.25, 0.3) is 0 Å². The minimum absolute atomic E-state index is 0.532. The summed E-state index contributed by atoms with van der Waals surface area (Å²) in [7, 11) is 4.17. The molecule has 1 aromatic carbocycles. The van der Waals surface area contributed by atoms with Crippen molar-refractivity contribution < 1.29 is 5.11 Å². The SMILES string of the molecule is Cc1cc(CN(C)C)cc(C2CCCCC2)c1O. The summed E-state index contributed by atoms with van der Waals surface area (Å²) in [5.41, 5.74) is 3.53. The lowest BCUT2D eigenvalue weighted by molar-refractivity contribution is 0.396. The summed E-state index contributed by atoms with van der Waals surface area (Å²) in [5.74, 6) is 1.10. The summed E-state index contributed by atoms with van der Waals surface area (Å²) >= 11 is 0. The van der Waals surface area contributed by atoms with Crippen LogP contribution in [-0.4, -0.2) is 24.1 Å². The predicted octanol–water partition coefficient (Wildman–Crippen LogP) is 3.81. The highest BCUT2D eigenvalue weighted by Gasteiger charge is 2.20. The first-order valence-electron chi connectivity index (χ1n) is 7.05. The van der Waals surface area contributed by atoms with Crippen LogP contribution in [0.25, 0.3) is 0 Å². The Labute approximate surface area is 111 Å². The minimum Gasteiger partial charge on any atom is -0.507 e. The number of phenolic OH excluding ortho intramolecular Hbond substituents is 1. The summed E-state index contributed by atoms with van der Waals surface area (Å²) in [6.07, 6.45) is 6.44. The van der Waals surface area contributed by atoms with Crippen molar-refractivity contribution in [1.29, 1.82) is 0 Å². The number of rotatable bonds is 3. The van der Waals surface area contributed by atoms with Crippen LogP contribution in [0.3, 0.4) is 0 Å². The van der Waals surface area contributed by atoms with Crippen molar-refractivity contribution in [2.75, 3.05) is 14.1 Å². The third kappa shape index (κ3) is 3.05. The summed E-state index contributed by atoms with van der Waals surface area (Å²) in [5, 5.41) is 10.3. The number of benzene rings is 1. The molecule has 18 heavy (non-hydrogen) atoms. The average molecular weight is 247 g/mol. The Morgan fingerprint density at radius 2 is 1.83 bits per heavy atom. The van der Waals surface area contributed by atoms with Crippen molar-refractivity contribution in [3.8, 4) is 5.75 Å². The molecule has 1 N–H and O–H groups in total. The summed E-state index contributed by atoms with van der Waals surface area (Å²) < 4.78 is 0. The number of hydrogen-bond donors (Lipinski definition) is 1. The molecule has 1 saturated carbocycles. The van der Waals surface area contributed by atoms with Gasteiger partial charge in [0.15, 0.2) is 0 Å². The van der Waals surface area contributed by atoms with Crippen molar-refractivity contribution in [3.05, 3.63) is 28.8 Å². The summed E-state index contributed by atoms with van der Waals surface area (Å²) in [4.78, 5) is 2.18. The smallest absolute Gasteiger partial charge is 0.121 e. The van der Waals surface area contributed by atoms with Crippen LogP contribution in [0.4, 0.5) is 0 Å². The fourth-order valence-electron chi connectivity index (χ4n) is 3.07. The molecule has 0 amide bonds. The number of nitrogens with zero attached hydrogens (tertiary/aromatic N) is 1. The Bertz CT molecular complexity index is 406. The molecule has 0 aromatic heterocycles. The molecule has 0 heterocycles. The van der Waals surface area contributed by atoms with Crippen molar-refractivity contribution >= 4 is 0 Å². The van der Waals surface area contributed by atoms with Crippen molar-refractivity contribution in [2.24, 2.45) is 0 Å². The monoisotopic (exact) mass is 247 g/mol. The van der Waals surface area contributed by atoms with E-state index in [-0.39, 0.29) is 0 Å². The lowest BCUT2D eigenvalue weighted by atomic mass is 9.82. The molecule has 1 fully saturated rings. The summed E-state index contributed by atoms with van der Waals surface area (Å²) in [6.45, 7) is 2.96. The van der Waals surface area contributed by atoms with Gasteiger partial charge in [-0.15, -0.1) is 0 Å². The molecule has 0 atom stereocenters. The van der Waals surface area contributed by atoms with Crippen LogP contribution >= 0.6 is 0 Å². The third-order valence-corrected chi connectivity index (χ3v) is 3.93. The number of phenols is 1. The van der Waals surface area contributed by atoms with Gasteiger partial charge in [0.2, 0.25) is 0 Å². The van der Waals surface area contributed by atoms with Crippen LogP contribution in [0.15, 0.2) is 12.1 Å². The van der Waals surface area contributed by atoms with Gasteiger partial charge in [-0.3, -0.25) is 0 Å². The molecule has 1 aliphatic rings. The van der Waals surface area contributed by atoms with E-state index in [0.29, 0.717) is 11.7 Å². The van der Waals surface area contributed by atoms with E-state index < -0.39 is 0 Å². The molecule has 2 nitrogen and oxygen atoms in total. The largest absolute Gasteiger partial charge is 0.507 e. The second kappa shape index (κ2) is 5.75. The first-order chi connectivity index (χ1) is 8.58. The molecule has 0 bridgehead atoms. The van der Waals surface area contributed by atoms with Crippen LogP contribution in [0.5, 0.6) is 5.75 Å². The normalized spacial score (nSPS) is 17.3. The lowest BCUT2D eigenvalue weighted by Crippen LogP contribution is -2.12. The molecule has 2 rings (SSSR count). The molecule has 1 aromatic rings. The maximum Gasteiger partial charge on any atom is 0.121 e. The first kappa shape index (κ1) is 13.4. The maximum absolute atomic E-state index is 10.3. The van der Waals surface area contributed by atoms with E-state index >= 15 is 0 Å². The molecule has 2 heteroatoms. The van der Waals surface area contributed by atoms with Gasteiger partial charge >= 0.3 is 0 Å². The molecular weight excluding hydrogens is 222 g/mol. The first-order valence-corrected chi connectivity index (χ1v) is 7.05. The molecule has 1 aliphatic carbocycles. The second-order valence-electron chi connectivity index (χ2n) is 5.92. The quantitative estimate of drug-likeness (QED) is 0.878. The molecular formula is C16H25NO. The maximum atomic E-state index is 10.3. The van der Waals surface area contributed by atoms with E-state index in [1.807, 2.05) is 6.92 Å². The zero-order valence-electron chi connectivity index (χ0n) is 11.9. The predicted molar refractivity (Wildman–Crippen MR) is 76.1 cm³/mol. The van der Waals surface area contributed by atoms with Crippen LogP contribution < -0.4 is 0 Å². The number of aromatic hydroxyl groups is 1. The van der Waals surface area contributed by atoms with Gasteiger partial charge in [0, 0.05) is 6.54 Å². The van der Waals surface area contributed by atoms with E-state index in [1.54, 1.807) is 0 Å². The Kier molecular flexibility index (Phi) is 4.28. The van der Waals surface area contributed by atoms with Crippen molar-refractivity contribution in [3.63, 3.8) is 0 Å². The number of aryl methyl sites for hydroxylation is 1. The van der Waals surface area contributed by atoms with E-state index in [4.69, 9.17) is 0 Å². The Balaban J connectivity index is 2.29. The van der Waals surface area contributed by atoms with Crippen LogP contribution in [-0.2, 0) is 6.54 Å². The van der Waals surface area contributed by atoms with Gasteiger partial charge in [-0.2, -0.15) is 0 Å². The fraction of sp³-hybridized carbons (Fsp3) is 0.625. The van der Waals surface area contributed by atoms with E-state index in [0.717, 1.165) is 12.1 Å². The van der Waals surface area contributed by atoms with E-state index in [2.05, 4.69) is 31.1 Å². The summed E-state index contributed by atoms with van der Waals surface area (Å²) in [6, 6.07) is 4.33.